The number of aliphatic hydroxyl groups is 1. The normalized spacial score (nSPS) is 18.4. The number of rotatable bonds is 4. The lowest BCUT2D eigenvalue weighted by molar-refractivity contribution is 0.110. The van der Waals surface area contributed by atoms with E-state index in [0.717, 1.165) is 44.0 Å². The second-order valence-corrected chi connectivity index (χ2v) is 5.29. The standard InChI is InChI=1S/C14H24N4O/c1-4-15-14-16-10(2)9-13(17-14)18-7-5-12(6-8-18)11(3)19/h9,11-12,19H,4-8H2,1-3H3,(H,15,16,17). The molecule has 2 rings (SSSR count). The summed E-state index contributed by atoms with van der Waals surface area (Å²) in [5.41, 5.74) is 0.985. The van der Waals surface area contributed by atoms with Gasteiger partial charge in [-0.2, -0.15) is 4.98 Å². The first-order valence-electron chi connectivity index (χ1n) is 7.12. The first-order valence-corrected chi connectivity index (χ1v) is 7.12. The van der Waals surface area contributed by atoms with E-state index in [9.17, 15) is 5.11 Å². The number of anilines is 2. The third-order valence-electron chi connectivity index (χ3n) is 3.72. The van der Waals surface area contributed by atoms with Crippen LogP contribution >= 0.6 is 0 Å². The third-order valence-corrected chi connectivity index (χ3v) is 3.72. The van der Waals surface area contributed by atoms with E-state index in [2.05, 4.69) is 20.2 Å². The minimum Gasteiger partial charge on any atom is -0.393 e. The monoisotopic (exact) mass is 264 g/mol. The minimum atomic E-state index is -0.202. The molecule has 1 aliphatic heterocycles. The van der Waals surface area contributed by atoms with E-state index in [1.165, 1.54) is 0 Å². The molecule has 1 aromatic heterocycles. The summed E-state index contributed by atoms with van der Waals surface area (Å²) in [5, 5.41) is 12.8. The lowest BCUT2D eigenvalue weighted by Gasteiger charge is -2.34. The Kier molecular flexibility index (Phi) is 4.58. The molecule has 1 unspecified atom stereocenters. The van der Waals surface area contributed by atoms with Gasteiger partial charge < -0.3 is 15.3 Å². The van der Waals surface area contributed by atoms with Crippen molar-refractivity contribution in [2.75, 3.05) is 29.9 Å². The van der Waals surface area contributed by atoms with Gasteiger partial charge in [0.1, 0.15) is 5.82 Å². The molecule has 1 aliphatic rings. The fourth-order valence-corrected chi connectivity index (χ4v) is 2.56. The summed E-state index contributed by atoms with van der Waals surface area (Å²) in [6, 6.07) is 2.03. The van der Waals surface area contributed by atoms with Crippen molar-refractivity contribution in [3.8, 4) is 0 Å². The molecule has 1 fully saturated rings. The molecular weight excluding hydrogens is 240 g/mol. The molecule has 2 N–H and O–H groups in total. The zero-order valence-corrected chi connectivity index (χ0v) is 12.1. The molecule has 0 radical (unpaired) electrons. The Hall–Kier alpha value is -1.36. The Morgan fingerprint density at radius 1 is 1.42 bits per heavy atom. The zero-order valence-electron chi connectivity index (χ0n) is 12.1. The molecule has 19 heavy (non-hydrogen) atoms. The van der Waals surface area contributed by atoms with Crippen LogP contribution in [0.2, 0.25) is 0 Å². The maximum Gasteiger partial charge on any atom is 0.224 e. The highest BCUT2D eigenvalue weighted by molar-refractivity contribution is 5.45. The van der Waals surface area contributed by atoms with Crippen LogP contribution in [0.4, 0.5) is 11.8 Å². The van der Waals surface area contributed by atoms with Gasteiger partial charge in [0.25, 0.3) is 0 Å². The number of hydrogen-bond donors (Lipinski definition) is 2. The molecule has 1 aromatic rings. The van der Waals surface area contributed by atoms with Gasteiger partial charge in [0.05, 0.1) is 6.10 Å². The minimum absolute atomic E-state index is 0.202. The Morgan fingerprint density at radius 2 is 2.11 bits per heavy atom. The smallest absolute Gasteiger partial charge is 0.224 e. The Labute approximate surface area is 115 Å². The molecule has 0 aromatic carbocycles. The lowest BCUT2D eigenvalue weighted by atomic mass is 9.92. The Morgan fingerprint density at radius 3 is 2.68 bits per heavy atom. The van der Waals surface area contributed by atoms with Gasteiger partial charge in [0.15, 0.2) is 0 Å². The number of nitrogens with one attached hydrogen (secondary N) is 1. The van der Waals surface area contributed by atoms with Crippen molar-refractivity contribution in [3.05, 3.63) is 11.8 Å². The molecule has 0 bridgehead atoms. The molecule has 0 amide bonds. The molecule has 0 spiro atoms. The summed E-state index contributed by atoms with van der Waals surface area (Å²) in [4.78, 5) is 11.2. The van der Waals surface area contributed by atoms with Gasteiger partial charge in [-0.05, 0) is 39.5 Å². The highest BCUT2D eigenvalue weighted by Gasteiger charge is 2.23. The number of aromatic nitrogens is 2. The number of aryl methyl sites for hydroxylation is 1. The largest absolute Gasteiger partial charge is 0.393 e. The van der Waals surface area contributed by atoms with Gasteiger partial charge in [-0.1, -0.05) is 0 Å². The molecule has 2 heterocycles. The molecule has 106 valence electrons. The van der Waals surface area contributed by atoms with Gasteiger partial charge in [-0.15, -0.1) is 0 Å². The highest BCUT2D eigenvalue weighted by Crippen LogP contribution is 2.25. The van der Waals surface area contributed by atoms with Crippen molar-refractivity contribution < 1.29 is 5.11 Å². The molecular formula is C14H24N4O. The van der Waals surface area contributed by atoms with E-state index in [4.69, 9.17) is 0 Å². The molecule has 5 nitrogen and oxygen atoms in total. The molecule has 1 atom stereocenters. The van der Waals surface area contributed by atoms with Crippen LogP contribution in [0.25, 0.3) is 0 Å². The summed E-state index contributed by atoms with van der Waals surface area (Å²) in [5.74, 6) is 2.12. The SMILES string of the molecule is CCNc1nc(C)cc(N2CCC(C(C)O)CC2)n1. The van der Waals surface area contributed by atoms with E-state index in [1.807, 2.05) is 26.8 Å². The van der Waals surface area contributed by atoms with Crippen molar-refractivity contribution in [1.29, 1.82) is 0 Å². The van der Waals surface area contributed by atoms with Crippen LogP contribution in [0.15, 0.2) is 6.07 Å². The zero-order chi connectivity index (χ0) is 13.8. The van der Waals surface area contributed by atoms with Crippen LogP contribution in [0, 0.1) is 12.8 Å². The van der Waals surface area contributed by atoms with Crippen molar-refractivity contribution >= 4 is 11.8 Å². The third kappa shape index (κ3) is 3.56. The maximum atomic E-state index is 9.64. The highest BCUT2D eigenvalue weighted by atomic mass is 16.3. The lowest BCUT2D eigenvalue weighted by Crippen LogP contribution is -2.37. The molecule has 1 saturated heterocycles. The van der Waals surface area contributed by atoms with Crippen LogP contribution in [0.3, 0.4) is 0 Å². The average molecular weight is 264 g/mol. The molecule has 0 saturated carbocycles. The quantitative estimate of drug-likeness (QED) is 0.868. The fraction of sp³-hybridized carbons (Fsp3) is 0.714. The summed E-state index contributed by atoms with van der Waals surface area (Å²) < 4.78 is 0. The summed E-state index contributed by atoms with van der Waals surface area (Å²) >= 11 is 0. The summed E-state index contributed by atoms with van der Waals surface area (Å²) in [6.07, 6.45) is 1.85. The van der Waals surface area contributed by atoms with Crippen LogP contribution in [0.1, 0.15) is 32.4 Å². The summed E-state index contributed by atoms with van der Waals surface area (Å²) in [6.45, 7) is 8.66. The van der Waals surface area contributed by atoms with Crippen LogP contribution in [-0.4, -0.2) is 40.8 Å². The first-order chi connectivity index (χ1) is 9.10. The molecule has 5 heteroatoms. The average Bonchev–Trinajstić information content (AvgIpc) is 2.38. The van der Waals surface area contributed by atoms with E-state index >= 15 is 0 Å². The fourth-order valence-electron chi connectivity index (χ4n) is 2.56. The first kappa shape index (κ1) is 14.1. The predicted molar refractivity (Wildman–Crippen MR) is 77.6 cm³/mol. The maximum absolute atomic E-state index is 9.64. The number of aliphatic hydroxyl groups excluding tert-OH is 1. The van der Waals surface area contributed by atoms with Crippen LogP contribution in [0.5, 0.6) is 0 Å². The van der Waals surface area contributed by atoms with Gasteiger partial charge >= 0.3 is 0 Å². The van der Waals surface area contributed by atoms with Gasteiger partial charge in [0, 0.05) is 31.4 Å². The summed E-state index contributed by atoms with van der Waals surface area (Å²) in [7, 11) is 0. The Bertz CT molecular complexity index is 414. The van der Waals surface area contributed by atoms with Gasteiger partial charge in [-0.25, -0.2) is 4.98 Å². The second-order valence-electron chi connectivity index (χ2n) is 5.29. The van der Waals surface area contributed by atoms with E-state index < -0.39 is 0 Å². The number of piperidine rings is 1. The van der Waals surface area contributed by atoms with Crippen molar-refractivity contribution in [3.63, 3.8) is 0 Å². The van der Waals surface area contributed by atoms with Crippen molar-refractivity contribution in [1.82, 2.24) is 9.97 Å². The van der Waals surface area contributed by atoms with E-state index in [1.54, 1.807) is 0 Å². The van der Waals surface area contributed by atoms with E-state index in [0.29, 0.717) is 11.9 Å². The molecule has 0 aliphatic carbocycles. The predicted octanol–water partition coefficient (Wildman–Crippen LogP) is 1.81. The van der Waals surface area contributed by atoms with Crippen molar-refractivity contribution in [2.24, 2.45) is 5.92 Å². The van der Waals surface area contributed by atoms with Gasteiger partial charge in [0.2, 0.25) is 5.95 Å². The van der Waals surface area contributed by atoms with Crippen LogP contribution in [-0.2, 0) is 0 Å². The number of hydrogen-bond acceptors (Lipinski definition) is 5. The Balaban J connectivity index is 2.06. The number of nitrogens with zero attached hydrogens (tertiary/aromatic N) is 3. The van der Waals surface area contributed by atoms with Gasteiger partial charge in [-0.3, -0.25) is 0 Å². The van der Waals surface area contributed by atoms with Crippen LogP contribution < -0.4 is 10.2 Å². The second kappa shape index (κ2) is 6.19. The van der Waals surface area contributed by atoms with E-state index in [-0.39, 0.29) is 6.10 Å². The topological polar surface area (TPSA) is 61.3 Å². The van der Waals surface area contributed by atoms with Crippen molar-refractivity contribution in [2.45, 2.75) is 39.7 Å².